The molecule has 0 rings (SSSR count). The van der Waals surface area contributed by atoms with Crippen LogP contribution in [0, 0.1) is 0 Å². The molecule has 0 aromatic carbocycles. The summed E-state index contributed by atoms with van der Waals surface area (Å²) in [5, 5.41) is -0.432. The average Bonchev–Trinajstić information content (AvgIpc) is 1.87. The standard InChI is InChI=1S/C7H6Cl2O/c1-3-4-6(8)5(2)7(9)10/h3-4H,1-2H2/b6-4+. The molecule has 0 saturated carbocycles. The lowest BCUT2D eigenvalue weighted by molar-refractivity contribution is -0.108. The molecular formula is C7H6Cl2O. The maximum Gasteiger partial charge on any atom is 0.253 e. The van der Waals surface area contributed by atoms with E-state index in [4.69, 9.17) is 23.2 Å². The van der Waals surface area contributed by atoms with E-state index in [1.165, 1.54) is 12.2 Å². The van der Waals surface area contributed by atoms with E-state index in [1.54, 1.807) is 0 Å². The summed E-state index contributed by atoms with van der Waals surface area (Å²) < 4.78 is 0. The molecule has 0 aromatic heterocycles. The van der Waals surface area contributed by atoms with Crippen molar-refractivity contribution in [3.8, 4) is 0 Å². The summed E-state index contributed by atoms with van der Waals surface area (Å²) >= 11 is 10.6. The fourth-order valence-electron chi connectivity index (χ4n) is 0.298. The van der Waals surface area contributed by atoms with Crippen LogP contribution in [0.25, 0.3) is 0 Å². The van der Waals surface area contributed by atoms with E-state index in [0.29, 0.717) is 0 Å². The Morgan fingerprint density at radius 2 is 1.90 bits per heavy atom. The first-order chi connectivity index (χ1) is 4.59. The normalized spacial score (nSPS) is 10.8. The molecule has 0 amide bonds. The SMILES string of the molecule is C=C/C=C(/Cl)C(=C)C(=O)Cl. The summed E-state index contributed by atoms with van der Waals surface area (Å²) in [5.41, 5.74) is 0.0863. The third-order valence-corrected chi connectivity index (χ3v) is 1.37. The number of hydrogen-bond donors (Lipinski definition) is 0. The molecule has 0 unspecified atom stereocenters. The van der Waals surface area contributed by atoms with E-state index < -0.39 is 5.24 Å². The minimum absolute atomic E-state index is 0.0863. The van der Waals surface area contributed by atoms with Gasteiger partial charge in [0.2, 0.25) is 0 Å². The van der Waals surface area contributed by atoms with Crippen molar-refractivity contribution < 1.29 is 4.79 Å². The van der Waals surface area contributed by atoms with E-state index >= 15 is 0 Å². The van der Waals surface area contributed by atoms with Gasteiger partial charge in [-0.05, 0) is 17.7 Å². The van der Waals surface area contributed by atoms with Crippen LogP contribution in [0.1, 0.15) is 0 Å². The first kappa shape index (κ1) is 9.47. The van der Waals surface area contributed by atoms with Gasteiger partial charge in [0.25, 0.3) is 5.24 Å². The average molecular weight is 177 g/mol. The molecule has 3 heteroatoms. The highest BCUT2D eigenvalue weighted by Gasteiger charge is 2.04. The molecule has 0 N–H and O–H groups in total. The van der Waals surface area contributed by atoms with E-state index in [0.717, 1.165) is 0 Å². The van der Waals surface area contributed by atoms with Gasteiger partial charge in [-0.15, -0.1) is 0 Å². The molecule has 54 valence electrons. The van der Waals surface area contributed by atoms with E-state index in [1.807, 2.05) is 0 Å². The number of allylic oxidation sites excluding steroid dienone is 4. The Kier molecular flexibility index (Phi) is 4.08. The Morgan fingerprint density at radius 1 is 1.40 bits per heavy atom. The van der Waals surface area contributed by atoms with Crippen molar-refractivity contribution in [2.24, 2.45) is 0 Å². The molecule has 0 aromatic rings. The third kappa shape index (κ3) is 2.85. The summed E-state index contributed by atoms with van der Waals surface area (Å²) in [5.74, 6) is 0. The largest absolute Gasteiger partial charge is 0.276 e. The Balaban J connectivity index is 4.36. The zero-order valence-corrected chi connectivity index (χ0v) is 6.74. The van der Waals surface area contributed by atoms with Gasteiger partial charge in [0.05, 0.1) is 5.03 Å². The molecular weight excluding hydrogens is 171 g/mol. The van der Waals surface area contributed by atoms with E-state index in [-0.39, 0.29) is 10.6 Å². The molecule has 0 saturated heterocycles. The molecule has 10 heavy (non-hydrogen) atoms. The molecule has 0 spiro atoms. The maximum atomic E-state index is 10.4. The molecule has 0 aliphatic carbocycles. The van der Waals surface area contributed by atoms with Gasteiger partial charge in [-0.25, -0.2) is 0 Å². The van der Waals surface area contributed by atoms with Crippen molar-refractivity contribution >= 4 is 28.4 Å². The number of rotatable bonds is 3. The predicted octanol–water partition coefficient (Wildman–Crippen LogP) is 2.62. The Morgan fingerprint density at radius 3 is 2.20 bits per heavy atom. The number of hydrogen-bond acceptors (Lipinski definition) is 1. The molecule has 0 atom stereocenters. The summed E-state index contributed by atoms with van der Waals surface area (Å²) in [6.45, 7) is 6.73. The Bertz CT molecular complexity index is 204. The van der Waals surface area contributed by atoms with Gasteiger partial charge in [-0.2, -0.15) is 0 Å². The second-order valence-corrected chi connectivity index (χ2v) is 2.25. The fraction of sp³-hybridized carbons (Fsp3) is 0. The minimum atomic E-state index is -0.650. The highest BCUT2D eigenvalue weighted by Crippen LogP contribution is 2.14. The molecule has 0 aliphatic rings. The van der Waals surface area contributed by atoms with E-state index in [2.05, 4.69) is 13.2 Å². The van der Waals surface area contributed by atoms with Crippen LogP contribution < -0.4 is 0 Å². The van der Waals surface area contributed by atoms with Crippen LogP contribution >= 0.6 is 23.2 Å². The van der Waals surface area contributed by atoms with Crippen molar-refractivity contribution in [3.05, 3.63) is 35.9 Å². The lowest BCUT2D eigenvalue weighted by Crippen LogP contribution is -1.90. The molecule has 0 aliphatic heterocycles. The number of carbonyl (C=O) groups is 1. The summed E-state index contributed by atoms with van der Waals surface area (Å²) in [4.78, 5) is 10.4. The van der Waals surface area contributed by atoms with Gasteiger partial charge >= 0.3 is 0 Å². The first-order valence-electron chi connectivity index (χ1n) is 2.47. The molecule has 0 bridgehead atoms. The zero-order chi connectivity index (χ0) is 8.15. The highest BCUT2D eigenvalue weighted by molar-refractivity contribution is 6.69. The summed E-state index contributed by atoms with van der Waals surface area (Å²) in [6, 6.07) is 0. The first-order valence-corrected chi connectivity index (χ1v) is 3.22. The quantitative estimate of drug-likeness (QED) is 0.368. The Hall–Kier alpha value is -0.530. The van der Waals surface area contributed by atoms with Crippen LogP contribution in [0.15, 0.2) is 35.9 Å². The Labute approximate surface area is 69.6 Å². The zero-order valence-electron chi connectivity index (χ0n) is 5.23. The smallest absolute Gasteiger partial charge is 0.253 e. The van der Waals surface area contributed by atoms with Gasteiger partial charge in [0.15, 0.2) is 0 Å². The lowest BCUT2D eigenvalue weighted by atomic mass is 10.3. The van der Waals surface area contributed by atoms with Crippen molar-refractivity contribution in [1.82, 2.24) is 0 Å². The van der Waals surface area contributed by atoms with Crippen molar-refractivity contribution in [3.63, 3.8) is 0 Å². The van der Waals surface area contributed by atoms with Crippen molar-refractivity contribution in [1.29, 1.82) is 0 Å². The maximum absolute atomic E-state index is 10.4. The molecule has 0 fully saturated rings. The molecule has 0 radical (unpaired) electrons. The monoisotopic (exact) mass is 176 g/mol. The number of carbonyl (C=O) groups excluding carboxylic acids is 1. The lowest BCUT2D eigenvalue weighted by Gasteiger charge is -1.93. The second-order valence-electron chi connectivity index (χ2n) is 1.50. The van der Waals surface area contributed by atoms with Gasteiger partial charge in [-0.1, -0.05) is 30.8 Å². The van der Waals surface area contributed by atoms with Crippen LogP contribution in [0.3, 0.4) is 0 Å². The van der Waals surface area contributed by atoms with Gasteiger partial charge < -0.3 is 0 Å². The minimum Gasteiger partial charge on any atom is -0.276 e. The summed E-state index contributed by atoms with van der Waals surface area (Å²) in [7, 11) is 0. The van der Waals surface area contributed by atoms with Crippen molar-refractivity contribution in [2.45, 2.75) is 0 Å². The topological polar surface area (TPSA) is 17.1 Å². The summed E-state index contributed by atoms with van der Waals surface area (Å²) in [6.07, 6.45) is 2.90. The molecule has 0 heterocycles. The van der Waals surface area contributed by atoms with Gasteiger partial charge in [0, 0.05) is 5.57 Å². The molecule has 1 nitrogen and oxygen atoms in total. The third-order valence-electron chi connectivity index (χ3n) is 0.790. The van der Waals surface area contributed by atoms with E-state index in [9.17, 15) is 4.79 Å². The number of halogens is 2. The van der Waals surface area contributed by atoms with Crippen LogP contribution in [0.5, 0.6) is 0 Å². The second kappa shape index (κ2) is 4.31. The predicted molar refractivity (Wildman–Crippen MR) is 44.1 cm³/mol. The van der Waals surface area contributed by atoms with Crippen LogP contribution in [-0.4, -0.2) is 5.24 Å². The highest BCUT2D eigenvalue weighted by atomic mass is 35.5. The van der Waals surface area contributed by atoms with Crippen molar-refractivity contribution in [2.75, 3.05) is 0 Å². The fourth-order valence-corrected chi connectivity index (χ4v) is 0.623. The van der Waals surface area contributed by atoms with Gasteiger partial charge in [0.1, 0.15) is 0 Å². The van der Waals surface area contributed by atoms with Crippen LogP contribution in [0.4, 0.5) is 0 Å². The van der Waals surface area contributed by atoms with Gasteiger partial charge in [-0.3, -0.25) is 4.79 Å². The van der Waals surface area contributed by atoms with Crippen LogP contribution in [0.2, 0.25) is 0 Å². The van der Waals surface area contributed by atoms with Crippen LogP contribution in [-0.2, 0) is 4.79 Å².